The Morgan fingerprint density at radius 1 is 1.03 bits per heavy atom. The molecule has 0 saturated carbocycles. The van der Waals surface area contributed by atoms with E-state index in [2.05, 4.69) is 4.98 Å². The maximum Gasteiger partial charge on any atom is 0.310 e. The van der Waals surface area contributed by atoms with E-state index in [0.29, 0.717) is 10.2 Å². The van der Waals surface area contributed by atoms with Gasteiger partial charge in [-0.25, -0.2) is 4.98 Å². The molecule has 0 saturated heterocycles. The van der Waals surface area contributed by atoms with Crippen LogP contribution in [0.3, 0.4) is 0 Å². The third kappa shape index (κ3) is 4.08. The molecule has 0 aliphatic carbocycles. The maximum atomic E-state index is 13.1. The summed E-state index contributed by atoms with van der Waals surface area (Å²) in [7, 11) is -3.84. The van der Waals surface area contributed by atoms with Gasteiger partial charge in [0.25, 0.3) is 5.56 Å². The largest absolute Gasteiger partial charge is 0.382 e. The Hall–Kier alpha value is -2.97. The molecule has 0 unspecified atom stereocenters. The fourth-order valence-corrected chi connectivity index (χ4v) is 5.03. The molecule has 0 bridgehead atoms. The monoisotopic (exact) mass is 426 g/mol. The molecule has 0 aliphatic heterocycles. The Kier molecular flexibility index (Phi) is 5.21. The van der Waals surface area contributed by atoms with Gasteiger partial charge in [-0.2, -0.15) is 8.42 Å². The molecular formula is C21H18N2O4S2. The molecule has 4 aromatic rings. The van der Waals surface area contributed by atoms with Crippen LogP contribution in [0.25, 0.3) is 21.3 Å². The highest BCUT2D eigenvalue weighted by Gasteiger charge is 2.18. The number of aromatic nitrogens is 2. The topological polar surface area (TPSA) is 78.3 Å². The Morgan fingerprint density at radius 3 is 2.38 bits per heavy atom. The van der Waals surface area contributed by atoms with E-state index in [4.69, 9.17) is 4.18 Å². The average Bonchev–Trinajstić information content (AvgIpc) is 3.05. The van der Waals surface area contributed by atoms with Gasteiger partial charge in [0.1, 0.15) is 16.3 Å². The number of aryl methyl sites for hydroxylation is 2. The van der Waals surface area contributed by atoms with Crippen molar-refractivity contribution in [3.63, 3.8) is 0 Å². The fourth-order valence-electron chi connectivity index (χ4n) is 3.12. The number of hydrogen-bond donors (Lipinski definition) is 0. The average molecular weight is 427 g/mol. The van der Waals surface area contributed by atoms with Gasteiger partial charge in [0.05, 0.1) is 11.7 Å². The van der Waals surface area contributed by atoms with E-state index in [0.717, 1.165) is 16.0 Å². The second kappa shape index (κ2) is 7.81. The quantitative estimate of drug-likeness (QED) is 0.438. The van der Waals surface area contributed by atoms with Gasteiger partial charge in [0.2, 0.25) is 0 Å². The van der Waals surface area contributed by atoms with Crippen LogP contribution in [0.2, 0.25) is 0 Å². The molecule has 0 N–H and O–H groups in total. The number of hydrogen-bond acceptors (Lipinski definition) is 6. The lowest BCUT2D eigenvalue weighted by atomic mass is 10.0. The van der Waals surface area contributed by atoms with Gasteiger partial charge in [-0.05, 0) is 24.6 Å². The first-order valence-corrected chi connectivity index (χ1v) is 11.4. The van der Waals surface area contributed by atoms with Gasteiger partial charge in [0.15, 0.2) is 0 Å². The zero-order valence-corrected chi connectivity index (χ0v) is 17.2. The van der Waals surface area contributed by atoms with Crippen molar-refractivity contribution in [2.24, 2.45) is 0 Å². The number of rotatable bonds is 6. The summed E-state index contributed by atoms with van der Waals surface area (Å²) < 4.78 is 31.0. The van der Waals surface area contributed by atoms with Gasteiger partial charge in [-0.1, -0.05) is 48.5 Å². The van der Waals surface area contributed by atoms with Crippen LogP contribution in [-0.2, 0) is 16.7 Å². The highest BCUT2D eigenvalue weighted by Crippen LogP contribution is 2.35. The second-order valence-corrected chi connectivity index (χ2v) is 9.37. The number of nitrogens with zero attached hydrogens (tertiary/aromatic N) is 2. The smallest absolute Gasteiger partial charge is 0.310 e. The minimum absolute atomic E-state index is 0.0416. The van der Waals surface area contributed by atoms with E-state index in [9.17, 15) is 13.2 Å². The third-order valence-corrected chi connectivity index (χ3v) is 6.61. The first-order chi connectivity index (χ1) is 13.9. The van der Waals surface area contributed by atoms with Crippen molar-refractivity contribution in [1.82, 2.24) is 9.55 Å². The van der Waals surface area contributed by atoms with Crippen LogP contribution in [-0.4, -0.2) is 23.7 Å². The first kappa shape index (κ1) is 19.4. The molecule has 4 rings (SSSR count). The van der Waals surface area contributed by atoms with E-state index in [1.807, 2.05) is 37.3 Å². The van der Waals surface area contributed by atoms with Crippen molar-refractivity contribution in [2.45, 2.75) is 13.5 Å². The number of benzene rings is 2. The number of thiophene rings is 1. The van der Waals surface area contributed by atoms with Gasteiger partial charge in [0, 0.05) is 17.0 Å². The summed E-state index contributed by atoms with van der Waals surface area (Å²) in [5, 5.41) is 0.516. The summed E-state index contributed by atoms with van der Waals surface area (Å²) in [5.41, 5.74) is 1.53. The lowest BCUT2D eigenvalue weighted by Gasteiger charge is -2.09. The Balaban J connectivity index is 1.65. The van der Waals surface area contributed by atoms with Crippen molar-refractivity contribution < 1.29 is 12.6 Å². The highest BCUT2D eigenvalue weighted by atomic mass is 32.2. The van der Waals surface area contributed by atoms with Gasteiger partial charge in [-0.3, -0.25) is 9.36 Å². The molecule has 6 nitrogen and oxygen atoms in total. The minimum atomic E-state index is -3.84. The van der Waals surface area contributed by atoms with Crippen molar-refractivity contribution in [1.29, 1.82) is 0 Å². The lowest BCUT2D eigenvalue weighted by Crippen LogP contribution is -2.26. The van der Waals surface area contributed by atoms with E-state index < -0.39 is 10.1 Å². The predicted octanol–water partition coefficient (Wildman–Crippen LogP) is 3.84. The summed E-state index contributed by atoms with van der Waals surface area (Å²) in [5.74, 6) is -0.0908. The molecule has 2 heterocycles. The third-order valence-electron chi connectivity index (χ3n) is 4.47. The fraction of sp³-hybridized carbons (Fsp3) is 0.143. The Bertz CT molecular complexity index is 1310. The molecular weight excluding hydrogens is 408 g/mol. The van der Waals surface area contributed by atoms with Crippen molar-refractivity contribution in [2.75, 3.05) is 5.75 Å². The van der Waals surface area contributed by atoms with Crippen LogP contribution in [0, 0.1) is 6.92 Å². The summed E-state index contributed by atoms with van der Waals surface area (Å²) in [6.45, 7) is 1.91. The standard InChI is InChI=1S/C21H18N2O4S2/c1-15-18(16-8-4-2-5-9-16)19-20(28-15)22-14-23(21(19)24)12-13-29(25,26)27-17-10-6-3-7-11-17/h2-11,14H,12-13H2,1H3. The van der Waals surface area contributed by atoms with Crippen LogP contribution in [0.5, 0.6) is 5.75 Å². The SMILES string of the molecule is Cc1sc2ncn(CCS(=O)(=O)Oc3ccccc3)c(=O)c2c1-c1ccccc1. The summed E-state index contributed by atoms with van der Waals surface area (Å²) in [6.07, 6.45) is 1.40. The molecule has 29 heavy (non-hydrogen) atoms. The van der Waals surface area contributed by atoms with Gasteiger partial charge in [-0.15, -0.1) is 11.3 Å². The summed E-state index contributed by atoms with van der Waals surface area (Å²) in [6, 6.07) is 17.9. The van der Waals surface area contributed by atoms with Gasteiger partial charge < -0.3 is 4.18 Å². The first-order valence-electron chi connectivity index (χ1n) is 8.96. The summed E-state index contributed by atoms with van der Waals surface area (Å²) >= 11 is 1.45. The molecule has 0 amide bonds. The van der Waals surface area contributed by atoms with Crippen molar-refractivity contribution >= 4 is 31.7 Å². The molecule has 0 atom stereocenters. The predicted molar refractivity (Wildman–Crippen MR) is 115 cm³/mol. The van der Waals surface area contributed by atoms with Crippen LogP contribution >= 0.6 is 11.3 Å². The van der Waals surface area contributed by atoms with Crippen LogP contribution in [0.4, 0.5) is 0 Å². The number of fused-ring (bicyclic) bond motifs is 1. The van der Waals surface area contributed by atoms with Crippen LogP contribution in [0.15, 0.2) is 71.8 Å². The zero-order chi connectivity index (χ0) is 20.4. The molecule has 2 aromatic heterocycles. The van der Waals surface area contributed by atoms with Crippen LogP contribution in [0.1, 0.15) is 4.88 Å². The minimum Gasteiger partial charge on any atom is -0.382 e. The molecule has 2 aromatic carbocycles. The highest BCUT2D eigenvalue weighted by molar-refractivity contribution is 7.87. The maximum absolute atomic E-state index is 13.1. The van der Waals surface area contributed by atoms with Crippen molar-refractivity contribution in [3.05, 3.63) is 82.2 Å². The Morgan fingerprint density at radius 2 is 1.69 bits per heavy atom. The molecule has 148 valence electrons. The van der Waals surface area contributed by atoms with Crippen LogP contribution < -0.4 is 9.74 Å². The molecule has 0 fully saturated rings. The molecule has 0 radical (unpaired) electrons. The van der Waals surface area contributed by atoms with Crippen molar-refractivity contribution in [3.8, 4) is 16.9 Å². The Labute approximate surface area is 172 Å². The lowest BCUT2D eigenvalue weighted by molar-refractivity contribution is 0.480. The molecule has 8 heteroatoms. The summed E-state index contributed by atoms with van der Waals surface area (Å²) in [4.78, 5) is 19.1. The number of para-hydroxylation sites is 1. The zero-order valence-electron chi connectivity index (χ0n) is 15.6. The van der Waals surface area contributed by atoms with E-state index in [-0.39, 0.29) is 23.6 Å². The second-order valence-electron chi connectivity index (χ2n) is 6.48. The van der Waals surface area contributed by atoms with Gasteiger partial charge >= 0.3 is 10.1 Å². The molecule has 0 spiro atoms. The van der Waals surface area contributed by atoms with E-state index >= 15 is 0 Å². The van der Waals surface area contributed by atoms with E-state index in [1.54, 1.807) is 30.3 Å². The van der Waals surface area contributed by atoms with E-state index in [1.165, 1.54) is 22.2 Å². The molecule has 0 aliphatic rings. The normalized spacial score (nSPS) is 11.6.